The minimum Gasteiger partial charge on any atom is -0.750 e. The molecule has 0 aliphatic carbocycles. The summed E-state index contributed by atoms with van der Waals surface area (Å²) >= 11 is -2.86. The molecule has 3 aromatic heterocycles. The number of nitrogens with zero attached hydrogens (tertiary/aromatic N) is 2. The van der Waals surface area contributed by atoms with Crippen LogP contribution in [0.3, 0.4) is 0 Å². The first-order valence-corrected chi connectivity index (χ1v) is 11.3. The van der Waals surface area contributed by atoms with Gasteiger partial charge in [-0.05, 0) is 72.8 Å². The van der Waals surface area contributed by atoms with E-state index in [-0.39, 0.29) is 19.5 Å². The molecule has 2 aliphatic heterocycles. The summed E-state index contributed by atoms with van der Waals surface area (Å²) in [5, 5.41) is 0. The van der Waals surface area contributed by atoms with Crippen LogP contribution in [0.4, 0.5) is 0 Å². The Morgan fingerprint density at radius 3 is 1.40 bits per heavy atom. The van der Waals surface area contributed by atoms with Gasteiger partial charge in [-0.3, -0.25) is 0 Å². The zero-order valence-electron chi connectivity index (χ0n) is 18.6. The van der Waals surface area contributed by atoms with Crippen molar-refractivity contribution in [3.05, 3.63) is 108 Å². The summed E-state index contributed by atoms with van der Waals surface area (Å²) in [5.74, 6) is 0. The molecule has 2 aliphatic rings. The van der Waals surface area contributed by atoms with Gasteiger partial charge in [0, 0.05) is 22.1 Å². The molecular formula is C26H20N4O3SZn. The average Bonchev–Trinajstić information content (AvgIpc) is 3.61. The zero-order chi connectivity index (χ0) is 23.8. The molecule has 1 unspecified atom stereocenters. The first kappa shape index (κ1) is 26.1. The maximum atomic E-state index is 8.56. The van der Waals surface area contributed by atoms with E-state index in [0.717, 1.165) is 44.8 Å². The van der Waals surface area contributed by atoms with Gasteiger partial charge < -0.3 is 19.1 Å². The van der Waals surface area contributed by atoms with E-state index >= 15 is 0 Å². The second-order valence-electron chi connectivity index (χ2n) is 7.20. The van der Waals surface area contributed by atoms with E-state index in [1.807, 2.05) is 72.8 Å². The van der Waals surface area contributed by atoms with Crippen molar-refractivity contribution >= 4 is 57.7 Å². The van der Waals surface area contributed by atoms with Crippen LogP contribution in [0.2, 0.25) is 0 Å². The minimum atomic E-state index is -2.86. The summed E-state index contributed by atoms with van der Waals surface area (Å²) in [5.41, 5.74) is 7.86. The van der Waals surface area contributed by atoms with Crippen molar-refractivity contribution in [1.29, 1.82) is 0 Å². The Labute approximate surface area is 217 Å². The van der Waals surface area contributed by atoms with E-state index in [1.165, 1.54) is 0 Å². The molecule has 35 heavy (non-hydrogen) atoms. The van der Waals surface area contributed by atoms with E-state index in [4.69, 9.17) is 13.3 Å². The van der Waals surface area contributed by atoms with Gasteiger partial charge in [-0.15, -0.1) is 0 Å². The Hall–Kier alpha value is -3.49. The number of benzene rings is 1. The molecule has 1 aromatic carbocycles. The number of H-pyrrole nitrogens is 2. The van der Waals surface area contributed by atoms with E-state index in [0.29, 0.717) is 0 Å². The van der Waals surface area contributed by atoms with Crippen LogP contribution in [0.1, 0.15) is 22.8 Å². The smallest absolute Gasteiger partial charge is 0.750 e. The molecule has 0 spiro atoms. The molecule has 0 amide bonds. The van der Waals surface area contributed by atoms with Gasteiger partial charge in [-0.25, -0.2) is 14.2 Å². The zero-order valence-corrected chi connectivity index (χ0v) is 22.4. The topological polar surface area (TPSA) is 118 Å². The third kappa shape index (κ3) is 8.35. The van der Waals surface area contributed by atoms with Crippen LogP contribution in [0.5, 0.6) is 0 Å². The molecule has 0 fully saturated rings. The van der Waals surface area contributed by atoms with E-state index in [1.54, 1.807) is 0 Å². The van der Waals surface area contributed by atoms with Crippen molar-refractivity contribution in [3.8, 4) is 0 Å². The van der Waals surface area contributed by atoms with Crippen molar-refractivity contribution in [1.82, 2.24) is 19.9 Å². The first-order chi connectivity index (χ1) is 16.5. The van der Waals surface area contributed by atoms with Crippen molar-refractivity contribution in [2.45, 2.75) is 0 Å². The van der Waals surface area contributed by atoms with Crippen molar-refractivity contribution < 1.29 is 32.8 Å². The minimum absolute atomic E-state index is 0. The molecule has 5 heterocycles. The molecule has 1 atom stereocenters. The number of rotatable bonds is 0. The third-order valence-corrected chi connectivity index (χ3v) is 4.65. The van der Waals surface area contributed by atoms with Crippen LogP contribution in [-0.4, -0.2) is 33.3 Å². The SMILES string of the molecule is C1=Cc2cc3ccc(cc4ccc(cc5nc(cc1n2)C=C5)[nH]4)[nH]3.O=S([O-])O.[Zn+2].[c-]1ccccc1. The molecule has 0 saturated heterocycles. The molecule has 7 nitrogen and oxygen atoms in total. The fraction of sp³-hybridized carbons (Fsp3) is 0. The number of aromatic nitrogens is 4. The molecule has 170 valence electrons. The second-order valence-corrected chi connectivity index (χ2v) is 7.63. The van der Waals surface area contributed by atoms with Crippen molar-refractivity contribution in [3.63, 3.8) is 0 Å². The van der Waals surface area contributed by atoms with Gasteiger partial charge in [0.1, 0.15) is 0 Å². The predicted molar refractivity (Wildman–Crippen MR) is 136 cm³/mol. The monoisotopic (exact) mass is 532 g/mol. The molecule has 0 radical (unpaired) electrons. The van der Waals surface area contributed by atoms with Crippen LogP contribution < -0.4 is 0 Å². The van der Waals surface area contributed by atoms with Gasteiger partial charge >= 0.3 is 19.5 Å². The number of hydrogen-bond acceptors (Lipinski definition) is 4. The molecule has 4 aromatic rings. The van der Waals surface area contributed by atoms with E-state index in [9.17, 15) is 0 Å². The number of hydrogen-bond donors (Lipinski definition) is 3. The van der Waals surface area contributed by atoms with Crippen LogP contribution >= 0.6 is 0 Å². The molecule has 6 rings (SSSR count). The first-order valence-electron chi connectivity index (χ1n) is 10.3. The standard InChI is InChI=1S/C20H14N4.C6H5.H2O3S.Zn/c1-2-14-10-16-5-6-18(23-16)12-20-8-7-19(24-20)11-17-4-3-15(22-17)9-13(1)21-14;1-2-4-6-5-3-1;1-4(2)3;/h1-12,21-22H;1-5H;(H2,1,2,3);/q;-1;;+2/p-1. The van der Waals surface area contributed by atoms with Crippen LogP contribution in [0, 0.1) is 6.07 Å². The van der Waals surface area contributed by atoms with E-state index in [2.05, 4.69) is 56.3 Å². The van der Waals surface area contributed by atoms with Gasteiger partial charge in [0.2, 0.25) is 0 Å². The third-order valence-electron chi connectivity index (χ3n) is 4.65. The summed E-state index contributed by atoms with van der Waals surface area (Å²) in [6.07, 6.45) is 8.05. The molecular weight excluding hydrogens is 514 g/mol. The second kappa shape index (κ2) is 12.8. The Kier molecular flexibility index (Phi) is 9.58. The van der Waals surface area contributed by atoms with Gasteiger partial charge in [-0.2, -0.15) is 36.4 Å². The quantitative estimate of drug-likeness (QED) is 0.136. The maximum absolute atomic E-state index is 8.56. The van der Waals surface area contributed by atoms with Crippen LogP contribution in [0.25, 0.3) is 46.4 Å². The fourth-order valence-corrected chi connectivity index (χ4v) is 3.29. The Bertz CT molecular complexity index is 1390. The molecule has 0 saturated carbocycles. The maximum Gasteiger partial charge on any atom is 2.00 e. The summed E-state index contributed by atoms with van der Waals surface area (Å²) in [6, 6.07) is 28.9. The predicted octanol–water partition coefficient (Wildman–Crippen LogP) is 5.48. The number of nitrogens with one attached hydrogen (secondary N) is 2. The largest absolute Gasteiger partial charge is 2.00 e. The Balaban J connectivity index is 0.000000264. The van der Waals surface area contributed by atoms with Gasteiger partial charge in [0.05, 0.1) is 34.1 Å². The summed E-state index contributed by atoms with van der Waals surface area (Å²) in [6.45, 7) is 0. The van der Waals surface area contributed by atoms with Crippen molar-refractivity contribution in [2.75, 3.05) is 0 Å². The van der Waals surface area contributed by atoms with Crippen molar-refractivity contribution in [2.24, 2.45) is 0 Å². The van der Waals surface area contributed by atoms with Gasteiger partial charge in [0.15, 0.2) is 0 Å². The average molecular weight is 534 g/mol. The van der Waals surface area contributed by atoms with E-state index < -0.39 is 11.4 Å². The van der Waals surface area contributed by atoms with Crippen LogP contribution in [0.15, 0.2) is 78.9 Å². The number of fused-ring (bicyclic) bond motifs is 8. The Morgan fingerprint density at radius 1 is 0.686 bits per heavy atom. The van der Waals surface area contributed by atoms with Gasteiger partial charge in [-0.1, -0.05) is 0 Å². The molecule has 9 heteroatoms. The molecule has 3 N–H and O–H groups in total. The summed E-state index contributed by atoms with van der Waals surface area (Å²) in [7, 11) is 0. The summed E-state index contributed by atoms with van der Waals surface area (Å²) < 4.78 is 24.1. The normalized spacial score (nSPS) is 11.8. The van der Waals surface area contributed by atoms with Crippen LogP contribution in [-0.2, 0) is 30.8 Å². The molecule has 8 bridgehead atoms. The number of aromatic amines is 2. The van der Waals surface area contributed by atoms with Gasteiger partial charge in [0.25, 0.3) is 0 Å². The summed E-state index contributed by atoms with van der Waals surface area (Å²) in [4.78, 5) is 16.0. The fourth-order valence-electron chi connectivity index (χ4n) is 3.29. The Morgan fingerprint density at radius 2 is 1.06 bits per heavy atom.